The van der Waals surface area contributed by atoms with E-state index in [9.17, 15) is 9.90 Å². The molecule has 1 aromatic heterocycles. The maximum absolute atomic E-state index is 13.0. The minimum Gasteiger partial charge on any atom is -0.393 e. The molecule has 5 rings (SSSR count). The van der Waals surface area contributed by atoms with Crippen molar-refractivity contribution in [2.24, 2.45) is 39.4 Å². The Morgan fingerprint density at radius 2 is 1.73 bits per heavy atom. The van der Waals surface area contributed by atoms with E-state index in [4.69, 9.17) is 0 Å². The molecule has 0 radical (unpaired) electrons. The molecule has 0 aliphatic heterocycles. The van der Waals surface area contributed by atoms with Crippen LogP contribution < -0.4 is 4.90 Å². The number of aliphatic hydroxyl groups excluding tert-OH is 1. The highest BCUT2D eigenvalue weighted by molar-refractivity contribution is 5.92. The second-order valence-corrected chi connectivity index (χ2v) is 14.4. The van der Waals surface area contributed by atoms with E-state index >= 15 is 0 Å². The molecule has 4 aliphatic rings. The van der Waals surface area contributed by atoms with E-state index in [1.807, 2.05) is 19.2 Å². The number of hydrogen-bond acceptors (Lipinski definition) is 3. The van der Waals surface area contributed by atoms with Gasteiger partial charge in [-0.25, -0.2) is 0 Å². The first-order chi connectivity index (χ1) is 17.4. The maximum atomic E-state index is 13.0. The van der Waals surface area contributed by atoms with Crippen molar-refractivity contribution in [3.05, 3.63) is 35.7 Å². The molecule has 4 heteroatoms. The largest absolute Gasteiger partial charge is 0.393 e. The highest BCUT2D eigenvalue weighted by Crippen LogP contribution is 2.72. The Morgan fingerprint density at radius 3 is 2.43 bits per heavy atom. The first-order valence-electron chi connectivity index (χ1n) is 14.9. The topological polar surface area (TPSA) is 53.4 Å². The zero-order valence-electron chi connectivity index (χ0n) is 24.4. The summed E-state index contributed by atoms with van der Waals surface area (Å²) in [5.74, 6) is 1.99. The van der Waals surface area contributed by atoms with Crippen LogP contribution in [0.3, 0.4) is 0 Å². The Hall–Kier alpha value is -1.68. The molecule has 0 spiro atoms. The van der Waals surface area contributed by atoms with Gasteiger partial charge in [0.1, 0.15) is 0 Å². The molecule has 0 aromatic carbocycles. The lowest BCUT2D eigenvalue weighted by molar-refractivity contribution is -0.118. The standard InChI is InChI=1S/C33H50N2O2/c1-22(8-11-29(37)35(7)23-15-20-34-21-16-23)24-12-18-33(6)26-9-10-27-30(2,3)28(36)14-17-31(27,4)25(26)13-19-32(24,33)5/h15-16,20-22,24,27-28,36H,8-14,17-19H2,1-7H3/t22-,24-,27+,28+,31-,32-,33+/m1/s1. The van der Waals surface area contributed by atoms with Crippen LogP contribution in [0, 0.1) is 39.4 Å². The van der Waals surface area contributed by atoms with Crippen LogP contribution in [0.4, 0.5) is 5.69 Å². The number of fused-ring (bicyclic) bond motifs is 4. The van der Waals surface area contributed by atoms with Crippen LogP contribution in [-0.4, -0.2) is 29.1 Å². The van der Waals surface area contributed by atoms with E-state index in [0.29, 0.717) is 29.6 Å². The maximum Gasteiger partial charge on any atom is 0.226 e. The van der Waals surface area contributed by atoms with Crippen LogP contribution in [0.5, 0.6) is 0 Å². The lowest BCUT2D eigenvalue weighted by Crippen LogP contribution is -2.55. The first-order valence-corrected chi connectivity index (χ1v) is 14.9. The van der Waals surface area contributed by atoms with Gasteiger partial charge in [-0.05, 0) is 109 Å². The number of pyridine rings is 1. The summed E-state index contributed by atoms with van der Waals surface area (Å²) in [6, 6.07) is 3.81. The number of nitrogens with zero attached hydrogens (tertiary/aromatic N) is 2. The third kappa shape index (κ3) is 3.95. The first kappa shape index (κ1) is 26.9. The zero-order chi connectivity index (χ0) is 26.8. The smallest absolute Gasteiger partial charge is 0.226 e. The molecule has 37 heavy (non-hydrogen) atoms. The summed E-state index contributed by atoms with van der Waals surface area (Å²) in [6.45, 7) is 14.8. The van der Waals surface area contributed by atoms with Crippen molar-refractivity contribution >= 4 is 11.6 Å². The number of anilines is 1. The number of rotatable bonds is 5. The van der Waals surface area contributed by atoms with E-state index in [0.717, 1.165) is 24.9 Å². The summed E-state index contributed by atoms with van der Waals surface area (Å²) < 4.78 is 0. The summed E-state index contributed by atoms with van der Waals surface area (Å²) in [4.78, 5) is 18.9. The number of aromatic nitrogens is 1. The van der Waals surface area contributed by atoms with Crippen LogP contribution in [0.15, 0.2) is 35.7 Å². The summed E-state index contributed by atoms with van der Waals surface area (Å²) in [5, 5.41) is 10.9. The second kappa shape index (κ2) is 9.21. The van der Waals surface area contributed by atoms with E-state index in [1.165, 1.54) is 38.5 Å². The van der Waals surface area contributed by atoms with Crippen molar-refractivity contribution in [2.45, 2.75) is 112 Å². The fraction of sp³-hybridized carbons (Fsp3) is 0.758. The van der Waals surface area contributed by atoms with Gasteiger partial charge in [0.05, 0.1) is 6.10 Å². The Labute approximate surface area is 225 Å². The monoisotopic (exact) mass is 506 g/mol. The third-order valence-electron chi connectivity index (χ3n) is 12.7. The van der Waals surface area contributed by atoms with Gasteiger partial charge < -0.3 is 10.0 Å². The Balaban J connectivity index is 1.34. The minimum atomic E-state index is -0.172. The quantitative estimate of drug-likeness (QED) is 0.419. The number of allylic oxidation sites excluding steroid dienone is 2. The van der Waals surface area contributed by atoms with Gasteiger partial charge in [0.2, 0.25) is 5.91 Å². The van der Waals surface area contributed by atoms with E-state index in [-0.39, 0.29) is 28.3 Å². The van der Waals surface area contributed by atoms with Gasteiger partial charge in [-0.3, -0.25) is 9.78 Å². The van der Waals surface area contributed by atoms with E-state index in [1.54, 1.807) is 28.4 Å². The molecular formula is C33H50N2O2. The number of carbonyl (C=O) groups excluding carboxylic acids is 1. The predicted molar refractivity (Wildman–Crippen MR) is 151 cm³/mol. The van der Waals surface area contributed by atoms with Crippen LogP contribution in [0.1, 0.15) is 106 Å². The third-order valence-corrected chi connectivity index (χ3v) is 12.7. The number of carbonyl (C=O) groups is 1. The number of hydrogen-bond donors (Lipinski definition) is 1. The van der Waals surface area contributed by atoms with Crippen LogP contribution in [0.2, 0.25) is 0 Å². The normalized spacial score (nSPS) is 39.4. The van der Waals surface area contributed by atoms with Crippen molar-refractivity contribution in [3.63, 3.8) is 0 Å². The average Bonchev–Trinajstić information content (AvgIpc) is 3.16. The summed E-state index contributed by atoms with van der Waals surface area (Å²) in [6.07, 6.45) is 14.5. The summed E-state index contributed by atoms with van der Waals surface area (Å²) in [5.41, 5.74) is 5.32. The van der Waals surface area contributed by atoms with Gasteiger partial charge in [0, 0.05) is 31.5 Å². The van der Waals surface area contributed by atoms with Crippen molar-refractivity contribution in [1.82, 2.24) is 4.98 Å². The van der Waals surface area contributed by atoms with Crippen molar-refractivity contribution in [2.75, 3.05) is 11.9 Å². The van der Waals surface area contributed by atoms with E-state index < -0.39 is 0 Å². The van der Waals surface area contributed by atoms with E-state index in [2.05, 4.69) is 46.5 Å². The molecule has 7 atom stereocenters. The van der Waals surface area contributed by atoms with Gasteiger partial charge in [0.25, 0.3) is 0 Å². The van der Waals surface area contributed by atoms with Crippen LogP contribution in [-0.2, 0) is 4.79 Å². The number of aliphatic hydroxyl groups is 1. The molecule has 4 aliphatic carbocycles. The second-order valence-electron chi connectivity index (χ2n) is 14.4. The molecule has 0 bridgehead atoms. The minimum absolute atomic E-state index is 0.00410. The lowest BCUT2D eigenvalue weighted by Gasteiger charge is -2.62. The highest BCUT2D eigenvalue weighted by Gasteiger charge is 2.63. The molecule has 4 nitrogen and oxygen atoms in total. The summed E-state index contributed by atoms with van der Waals surface area (Å²) in [7, 11) is 1.88. The molecule has 0 unspecified atom stereocenters. The Kier molecular flexibility index (Phi) is 6.70. The average molecular weight is 507 g/mol. The SMILES string of the molecule is C[C@H](CCC(=O)N(C)c1ccncc1)[C@H]1CC[C@@]2(C)C3=C(CC[C@]12C)[C@@]1(C)CC[C@H](O)C(C)(C)[C@@H]1CC3. The predicted octanol–water partition coefficient (Wildman–Crippen LogP) is 7.57. The zero-order valence-corrected chi connectivity index (χ0v) is 24.4. The molecule has 1 N–H and O–H groups in total. The molecule has 204 valence electrons. The summed E-state index contributed by atoms with van der Waals surface area (Å²) >= 11 is 0. The van der Waals surface area contributed by atoms with Crippen molar-refractivity contribution in [1.29, 1.82) is 0 Å². The number of amides is 1. The Morgan fingerprint density at radius 1 is 1.03 bits per heavy atom. The van der Waals surface area contributed by atoms with Crippen molar-refractivity contribution in [3.8, 4) is 0 Å². The van der Waals surface area contributed by atoms with Gasteiger partial charge in [-0.2, -0.15) is 0 Å². The molecule has 2 saturated carbocycles. The molecular weight excluding hydrogens is 456 g/mol. The molecule has 1 amide bonds. The van der Waals surface area contributed by atoms with Gasteiger partial charge in [-0.15, -0.1) is 0 Å². The lowest BCUT2D eigenvalue weighted by atomic mass is 9.43. The fourth-order valence-corrected chi connectivity index (χ4v) is 10.1. The van der Waals surface area contributed by atoms with Gasteiger partial charge in [-0.1, -0.05) is 52.7 Å². The molecule has 0 saturated heterocycles. The van der Waals surface area contributed by atoms with Crippen LogP contribution in [0.25, 0.3) is 0 Å². The molecule has 2 fully saturated rings. The Bertz CT molecular complexity index is 1060. The molecule has 1 heterocycles. The highest BCUT2D eigenvalue weighted by atomic mass is 16.3. The van der Waals surface area contributed by atoms with Crippen molar-refractivity contribution < 1.29 is 9.90 Å². The van der Waals surface area contributed by atoms with Gasteiger partial charge in [0.15, 0.2) is 0 Å². The van der Waals surface area contributed by atoms with Crippen LogP contribution >= 0.6 is 0 Å². The molecule has 1 aromatic rings. The fourth-order valence-electron chi connectivity index (χ4n) is 10.1. The van der Waals surface area contributed by atoms with Gasteiger partial charge >= 0.3 is 0 Å².